The molecule has 0 saturated heterocycles. The van der Waals surface area contributed by atoms with Crippen LogP contribution < -0.4 is 0 Å². The van der Waals surface area contributed by atoms with E-state index in [2.05, 4.69) is 91.5 Å². The first-order valence-electron chi connectivity index (χ1n) is 9.70. The van der Waals surface area contributed by atoms with E-state index in [1.54, 1.807) is 0 Å². The summed E-state index contributed by atoms with van der Waals surface area (Å²) in [6.07, 6.45) is 1.82. The van der Waals surface area contributed by atoms with E-state index in [-0.39, 0.29) is 0 Å². The van der Waals surface area contributed by atoms with Crippen LogP contribution in [0.2, 0.25) is 0 Å². The van der Waals surface area contributed by atoms with E-state index in [4.69, 9.17) is 5.26 Å². The van der Waals surface area contributed by atoms with Crippen molar-refractivity contribution >= 4 is 37.9 Å². The van der Waals surface area contributed by atoms with Crippen LogP contribution in [0.25, 0.3) is 49.0 Å². The number of nitrogens with zero attached hydrogens (tertiary/aromatic N) is 1. The van der Waals surface area contributed by atoms with Gasteiger partial charge >= 0.3 is 0 Å². The van der Waals surface area contributed by atoms with Gasteiger partial charge in [0.1, 0.15) is 0 Å². The van der Waals surface area contributed by atoms with Crippen molar-refractivity contribution in [3.05, 3.63) is 103 Å². The SMILES string of the molecule is C=C(C#N)/C=C(\C)c1ccc(-c2ccc3ccc4cccc5ccc2c3c45)cc1. The monoisotopic (exact) mass is 369 g/mol. The van der Waals surface area contributed by atoms with E-state index in [0.717, 1.165) is 11.1 Å². The number of hydrogen-bond donors (Lipinski definition) is 0. The van der Waals surface area contributed by atoms with Crippen LogP contribution in [0.4, 0.5) is 0 Å². The Morgan fingerprint density at radius 2 is 1.41 bits per heavy atom. The van der Waals surface area contributed by atoms with Crippen molar-refractivity contribution in [2.45, 2.75) is 6.92 Å². The molecular formula is C28H19N. The van der Waals surface area contributed by atoms with E-state index in [1.165, 1.54) is 43.4 Å². The zero-order valence-electron chi connectivity index (χ0n) is 16.2. The summed E-state index contributed by atoms with van der Waals surface area (Å²) < 4.78 is 0. The number of nitriles is 1. The summed E-state index contributed by atoms with van der Waals surface area (Å²) >= 11 is 0. The van der Waals surface area contributed by atoms with Crippen LogP contribution in [0.5, 0.6) is 0 Å². The number of hydrogen-bond acceptors (Lipinski definition) is 1. The highest BCUT2D eigenvalue weighted by molar-refractivity contribution is 6.25. The van der Waals surface area contributed by atoms with Crippen LogP contribution >= 0.6 is 0 Å². The van der Waals surface area contributed by atoms with Crippen molar-refractivity contribution in [3.63, 3.8) is 0 Å². The molecule has 136 valence electrons. The molecule has 5 aromatic rings. The summed E-state index contributed by atoms with van der Waals surface area (Å²) in [6, 6.07) is 30.5. The minimum Gasteiger partial charge on any atom is -0.192 e. The van der Waals surface area contributed by atoms with Gasteiger partial charge in [0, 0.05) is 5.57 Å². The molecule has 1 nitrogen and oxygen atoms in total. The summed E-state index contributed by atoms with van der Waals surface area (Å²) in [7, 11) is 0. The third-order valence-corrected chi connectivity index (χ3v) is 5.71. The predicted octanol–water partition coefficient (Wildman–Crippen LogP) is 7.73. The Morgan fingerprint density at radius 1 is 0.793 bits per heavy atom. The third-order valence-electron chi connectivity index (χ3n) is 5.71. The minimum absolute atomic E-state index is 0.471. The normalized spacial score (nSPS) is 11.9. The Balaban J connectivity index is 1.68. The smallest absolute Gasteiger partial charge is 0.0985 e. The molecule has 1 heteroatoms. The van der Waals surface area contributed by atoms with Crippen molar-refractivity contribution < 1.29 is 0 Å². The molecule has 0 spiro atoms. The summed E-state index contributed by atoms with van der Waals surface area (Å²) in [5.41, 5.74) is 5.05. The number of rotatable bonds is 3. The molecule has 0 atom stereocenters. The van der Waals surface area contributed by atoms with Crippen molar-refractivity contribution in [3.8, 4) is 17.2 Å². The van der Waals surface area contributed by atoms with Crippen LogP contribution in [0, 0.1) is 11.3 Å². The summed E-state index contributed by atoms with van der Waals surface area (Å²) in [6.45, 7) is 5.75. The van der Waals surface area contributed by atoms with E-state index < -0.39 is 0 Å². The maximum absolute atomic E-state index is 8.95. The number of benzene rings is 5. The summed E-state index contributed by atoms with van der Waals surface area (Å²) in [5, 5.41) is 16.8. The molecule has 0 fully saturated rings. The molecule has 0 aliphatic heterocycles. The molecule has 0 N–H and O–H groups in total. The van der Waals surface area contributed by atoms with E-state index in [0.29, 0.717) is 5.57 Å². The molecule has 0 saturated carbocycles. The molecule has 5 rings (SSSR count). The minimum atomic E-state index is 0.471. The van der Waals surface area contributed by atoms with E-state index in [9.17, 15) is 0 Å². The summed E-state index contributed by atoms with van der Waals surface area (Å²) in [5.74, 6) is 0. The molecule has 0 amide bonds. The highest BCUT2D eigenvalue weighted by Gasteiger charge is 2.11. The lowest BCUT2D eigenvalue weighted by atomic mass is 9.89. The summed E-state index contributed by atoms with van der Waals surface area (Å²) in [4.78, 5) is 0. The van der Waals surface area contributed by atoms with Gasteiger partial charge in [-0.15, -0.1) is 0 Å². The van der Waals surface area contributed by atoms with Crippen LogP contribution in [0.15, 0.2) is 97.1 Å². The fourth-order valence-electron chi connectivity index (χ4n) is 4.28. The largest absolute Gasteiger partial charge is 0.192 e. The highest BCUT2D eigenvalue weighted by atomic mass is 14.2. The van der Waals surface area contributed by atoms with Gasteiger partial charge in [0.25, 0.3) is 0 Å². The quantitative estimate of drug-likeness (QED) is 0.181. The Labute approximate surface area is 170 Å². The van der Waals surface area contributed by atoms with Gasteiger partial charge in [0.05, 0.1) is 6.07 Å². The van der Waals surface area contributed by atoms with Gasteiger partial charge in [-0.25, -0.2) is 0 Å². The first kappa shape index (κ1) is 17.2. The Bertz CT molecular complexity index is 1440. The molecule has 0 radical (unpaired) electrons. The fourth-order valence-corrected chi connectivity index (χ4v) is 4.28. The molecule has 0 heterocycles. The van der Waals surface area contributed by atoms with Gasteiger partial charge in [-0.1, -0.05) is 85.4 Å². The molecule has 0 bridgehead atoms. The van der Waals surface area contributed by atoms with Crippen LogP contribution in [0.3, 0.4) is 0 Å². The van der Waals surface area contributed by atoms with Crippen molar-refractivity contribution in [2.75, 3.05) is 0 Å². The average Bonchev–Trinajstić information content (AvgIpc) is 2.77. The predicted molar refractivity (Wildman–Crippen MR) is 124 cm³/mol. The van der Waals surface area contributed by atoms with Gasteiger partial charge < -0.3 is 0 Å². The van der Waals surface area contributed by atoms with Crippen LogP contribution in [-0.2, 0) is 0 Å². The van der Waals surface area contributed by atoms with E-state index in [1.807, 2.05) is 13.0 Å². The average molecular weight is 369 g/mol. The van der Waals surface area contributed by atoms with Crippen LogP contribution in [0.1, 0.15) is 12.5 Å². The van der Waals surface area contributed by atoms with Gasteiger partial charge in [0.15, 0.2) is 0 Å². The lowest BCUT2D eigenvalue weighted by molar-refractivity contribution is 1.49. The van der Waals surface area contributed by atoms with E-state index >= 15 is 0 Å². The second kappa shape index (κ2) is 6.62. The Morgan fingerprint density at radius 3 is 2.10 bits per heavy atom. The third kappa shape index (κ3) is 2.78. The van der Waals surface area contributed by atoms with Crippen molar-refractivity contribution in [2.24, 2.45) is 0 Å². The van der Waals surface area contributed by atoms with Crippen molar-refractivity contribution in [1.29, 1.82) is 5.26 Å². The molecular weight excluding hydrogens is 350 g/mol. The van der Waals surface area contributed by atoms with Crippen molar-refractivity contribution in [1.82, 2.24) is 0 Å². The maximum Gasteiger partial charge on any atom is 0.0985 e. The molecule has 0 unspecified atom stereocenters. The lowest BCUT2D eigenvalue weighted by Gasteiger charge is -2.14. The maximum atomic E-state index is 8.95. The zero-order valence-corrected chi connectivity index (χ0v) is 16.2. The first-order valence-corrected chi connectivity index (χ1v) is 9.70. The second-order valence-electron chi connectivity index (χ2n) is 7.51. The standard InChI is InChI=1S/C28H19N/c1-18(17-29)16-19(2)20-6-8-21(9-7-20)25-14-12-24-11-10-22-4-3-5-23-13-15-26(25)28(24)27(22)23/h3-16H,1H2,2H3/b19-16+. The second-order valence-corrected chi connectivity index (χ2v) is 7.51. The Hall–Kier alpha value is -3.89. The Kier molecular flexibility index (Phi) is 3.93. The zero-order chi connectivity index (χ0) is 20.0. The lowest BCUT2D eigenvalue weighted by Crippen LogP contribution is -1.88. The van der Waals surface area contributed by atoms with Gasteiger partial charge in [0.2, 0.25) is 0 Å². The first-order chi connectivity index (χ1) is 14.2. The molecule has 5 aromatic carbocycles. The fraction of sp³-hybridized carbons (Fsp3) is 0.0357. The molecule has 0 aliphatic rings. The molecule has 0 aliphatic carbocycles. The van der Waals surface area contributed by atoms with Gasteiger partial charge in [-0.2, -0.15) is 5.26 Å². The van der Waals surface area contributed by atoms with Crippen LogP contribution in [-0.4, -0.2) is 0 Å². The van der Waals surface area contributed by atoms with Gasteiger partial charge in [-0.05, 0) is 67.6 Å². The highest BCUT2D eigenvalue weighted by Crippen LogP contribution is 2.39. The topological polar surface area (TPSA) is 23.8 Å². The molecule has 29 heavy (non-hydrogen) atoms. The van der Waals surface area contributed by atoms with Gasteiger partial charge in [-0.3, -0.25) is 0 Å². The number of allylic oxidation sites excluding steroid dienone is 3. The molecule has 0 aromatic heterocycles.